The molecule has 0 aliphatic heterocycles. The summed E-state index contributed by atoms with van der Waals surface area (Å²) < 4.78 is 17.0. The summed E-state index contributed by atoms with van der Waals surface area (Å²) >= 11 is 0. The van der Waals surface area contributed by atoms with Gasteiger partial charge in [-0.05, 0) is 77.0 Å². The summed E-state index contributed by atoms with van der Waals surface area (Å²) in [5.41, 5.74) is 0. The highest BCUT2D eigenvalue weighted by Gasteiger charge is 2.20. The van der Waals surface area contributed by atoms with E-state index in [0.717, 1.165) is 64.2 Å². The van der Waals surface area contributed by atoms with E-state index in [1.54, 1.807) is 0 Å². The molecule has 0 saturated heterocycles. The van der Waals surface area contributed by atoms with Gasteiger partial charge in [0, 0.05) is 19.3 Å². The van der Waals surface area contributed by atoms with Gasteiger partial charge in [-0.15, -0.1) is 0 Å². The van der Waals surface area contributed by atoms with Crippen molar-refractivity contribution in [2.24, 2.45) is 0 Å². The Bertz CT molecular complexity index is 1370. The largest absolute Gasteiger partial charge is 0.462 e. The second kappa shape index (κ2) is 71.1. The van der Waals surface area contributed by atoms with Crippen LogP contribution in [0.5, 0.6) is 0 Å². The first-order valence-electron chi connectivity index (χ1n) is 37.0. The van der Waals surface area contributed by atoms with E-state index in [-0.39, 0.29) is 31.1 Å². The summed E-state index contributed by atoms with van der Waals surface area (Å²) in [6, 6.07) is 0. The van der Waals surface area contributed by atoms with Crippen LogP contribution in [0.4, 0.5) is 0 Å². The first kappa shape index (κ1) is 79.6. The molecule has 1 atom stereocenters. The predicted molar refractivity (Wildman–Crippen MR) is 358 cm³/mol. The highest BCUT2D eigenvalue weighted by molar-refractivity contribution is 5.71. The number of unbranched alkanes of at least 4 members (excludes halogenated alkanes) is 52. The van der Waals surface area contributed by atoms with Crippen LogP contribution < -0.4 is 0 Å². The van der Waals surface area contributed by atoms with Gasteiger partial charge in [0.2, 0.25) is 0 Å². The second-order valence-electron chi connectivity index (χ2n) is 25.2. The highest BCUT2D eigenvalue weighted by Crippen LogP contribution is 2.19. The predicted octanol–water partition coefficient (Wildman–Crippen LogP) is 25.5. The van der Waals surface area contributed by atoms with Crippen LogP contribution in [0, 0.1) is 0 Å². The molecule has 0 heterocycles. The highest BCUT2D eigenvalue weighted by atomic mass is 16.6. The zero-order valence-electron chi connectivity index (χ0n) is 55.5. The summed E-state index contributed by atoms with van der Waals surface area (Å²) in [4.78, 5) is 38.5. The lowest BCUT2D eigenvalue weighted by molar-refractivity contribution is -0.167. The van der Waals surface area contributed by atoms with Crippen molar-refractivity contribution in [3.8, 4) is 0 Å². The topological polar surface area (TPSA) is 78.9 Å². The molecule has 6 heteroatoms. The Hall–Kier alpha value is -2.37. The number of esters is 3. The molecule has 1 unspecified atom stereocenters. The van der Waals surface area contributed by atoms with Gasteiger partial charge in [-0.3, -0.25) is 14.4 Å². The molecule has 0 aliphatic carbocycles. The zero-order valence-corrected chi connectivity index (χ0v) is 55.5. The Morgan fingerprint density at radius 1 is 0.244 bits per heavy atom. The van der Waals surface area contributed by atoms with Gasteiger partial charge in [0.05, 0.1) is 0 Å². The number of allylic oxidation sites excluding steroid dienone is 6. The monoisotopic (exact) mass is 1150 g/mol. The lowest BCUT2D eigenvalue weighted by Gasteiger charge is -2.18. The number of rotatable bonds is 69. The fraction of sp³-hybridized carbons (Fsp3) is 0.882. The van der Waals surface area contributed by atoms with Crippen LogP contribution in [-0.4, -0.2) is 37.2 Å². The van der Waals surface area contributed by atoms with Crippen LogP contribution in [-0.2, 0) is 28.6 Å². The van der Waals surface area contributed by atoms with Crippen molar-refractivity contribution in [2.75, 3.05) is 13.2 Å². The third kappa shape index (κ3) is 68.4. The van der Waals surface area contributed by atoms with Gasteiger partial charge in [0.25, 0.3) is 0 Å². The summed E-state index contributed by atoms with van der Waals surface area (Å²) in [5, 5.41) is 0. The molecule has 0 bridgehead atoms. The van der Waals surface area contributed by atoms with E-state index in [1.807, 2.05) is 0 Å². The summed E-state index contributed by atoms with van der Waals surface area (Å²) in [6.45, 7) is 6.69. The van der Waals surface area contributed by atoms with Gasteiger partial charge in [0.1, 0.15) is 13.2 Å². The van der Waals surface area contributed by atoms with E-state index < -0.39 is 6.10 Å². The molecule has 0 aromatic rings. The van der Waals surface area contributed by atoms with E-state index >= 15 is 0 Å². The maximum absolute atomic E-state index is 13.0. The normalized spacial score (nSPS) is 12.2. The van der Waals surface area contributed by atoms with Crippen molar-refractivity contribution < 1.29 is 28.6 Å². The Kier molecular flexibility index (Phi) is 69.1. The Labute approximate surface area is 512 Å². The molecule has 482 valence electrons. The number of carbonyl (C=O) groups excluding carboxylic acids is 3. The maximum atomic E-state index is 13.0. The molecule has 0 N–H and O–H groups in total. The van der Waals surface area contributed by atoms with Crippen LogP contribution in [0.1, 0.15) is 412 Å². The van der Waals surface area contributed by atoms with Gasteiger partial charge in [-0.25, -0.2) is 0 Å². The third-order valence-electron chi connectivity index (χ3n) is 16.9. The standard InChI is InChI=1S/C76H142O6/c1-4-7-10-13-16-19-22-25-28-31-34-35-36-37-38-39-40-43-45-48-51-54-57-60-63-66-69-75(78)81-72-73(82-76(79)70-67-64-61-58-55-52-49-46-42-33-30-27-24-21-18-15-12-9-6-3)71-80-74(77)68-65-62-59-56-53-50-47-44-41-32-29-26-23-20-17-14-11-8-5-2/h18,21,26-27,29-30,73H,4-17,19-20,22-25,28,31-72H2,1-3H3/b21-18-,29-26-,30-27-. The van der Waals surface area contributed by atoms with E-state index in [2.05, 4.69) is 57.2 Å². The van der Waals surface area contributed by atoms with Gasteiger partial charge in [-0.2, -0.15) is 0 Å². The first-order chi connectivity index (χ1) is 40.5. The van der Waals surface area contributed by atoms with Crippen molar-refractivity contribution in [3.63, 3.8) is 0 Å². The number of ether oxygens (including phenoxy) is 3. The number of hydrogen-bond acceptors (Lipinski definition) is 6. The van der Waals surface area contributed by atoms with Gasteiger partial charge in [0.15, 0.2) is 6.10 Å². The molecule has 0 aliphatic rings. The van der Waals surface area contributed by atoms with Crippen LogP contribution >= 0.6 is 0 Å². The van der Waals surface area contributed by atoms with Crippen molar-refractivity contribution >= 4 is 17.9 Å². The van der Waals surface area contributed by atoms with E-state index in [4.69, 9.17) is 14.2 Å². The van der Waals surface area contributed by atoms with Crippen LogP contribution in [0.25, 0.3) is 0 Å². The Morgan fingerprint density at radius 3 is 0.707 bits per heavy atom. The summed E-state index contributed by atoms with van der Waals surface area (Å²) in [6.07, 6.45) is 88.9. The van der Waals surface area contributed by atoms with Crippen LogP contribution in [0.2, 0.25) is 0 Å². The average Bonchev–Trinajstić information content (AvgIpc) is 3.48. The zero-order chi connectivity index (χ0) is 59.2. The van der Waals surface area contributed by atoms with Gasteiger partial charge < -0.3 is 14.2 Å². The molecule has 0 spiro atoms. The molecule has 0 aromatic heterocycles. The van der Waals surface area contributed by atoms with E-state index in [9.17, 15) is 14.4 Å². The molecule has 0 radical (unpaired) electrons. The van der Waals surface area contributed by atoms with E-state index in [0.29, 0.717) is 19.3 Å². The van der Waals surface area contributed by atoms with Crippen molar-refractivity contribution in [1.29, 1.82) is 0 Å². The Morgan fingerprint density at radius 2 is 0.439 bits per heavy atom. The van der Waals surface area contributed by atoms with E-state index in [1.165, 1.54) is 308 Å². The number of hydrogen-bond donors (Lipinski definition) is 0. The fourth-order valence-electron chi connectivity index (χ4n) is 11.3. The molecule has 0 saturated carbocycles. The van der Waals surface area contributed by atoms with Crippen LogP contribution in [0.15, 0.2) is 36.5 Å². The molecular weight excluding hydrogens is 1010 g/mol. The molecule has 0 fully saturated rings. The fourth-order valence-corrected chi connectivity index (χ4v) is 11.3. The first-order valence-corrected chi connectivity index (χ1v) is 37.0. The second-order valence-corrected chi connectivity index (χ2v) is 25.2. The minimum Gasteiger partial charge on any atom is -0.462 e. The molecule has 0 aromatic carbocycles. The van der Waals surface area contributed by atoms with Crippen molar-refractivity contribution in [3.05, 3.63) is 36.5 Å². The van der Waals surface area contributed by atoms with Gasteiger partial charge in [-0.1, -0.05) is 353 Å². The minimum absolute atomic E-state index is 0.0693. The van der Waals surface area contributed by atoms with Gasteiger partial charge >= 0.3 is 17.9 Å². The number of carbonyl (C=O) groups is 3. The summed E-state index contributed by atoms with van der Waals surface area (Å²) in [7, 11) is 0. The third-order valence-corrected chi connectivity index (χ3v) is 16.9. The average molecular weight is 1150 g/mol. The van der Waals surface area contributed by atoms with Crippen molar-refractivity contribution in [2.45, 2.75) is 419 Å². The molecule has 82 heavy (non-hydrogen) atoms. The smallest absolute Gasteiger partial charge is 0.306 e. The van der Waals surface area contributed by atoms with Crippen LogP contribution in [0.3, 0.4) is 0 Å². The quantitative estimate of drug-likeness (QED) is 0.0261. The Balaban J connectivity index is 4.27. The lowest BCUT2D eigenvalue weighted by atomic mass is 10.0. The molecule has 6 nitrogen and oxygen atoms in total. The molecular formula is C76H142O6. The molecule has 0 amide bonds. The summed E-state index contributed by atoms with van der Waals surface area (Å²) in [5.74, 6) is -0.844. The molecule has 0 rings (SSSR count). The van der Waals surface area contributed by atoms with Crippen molar-refractivity contribution in [1.82, 2.24) is 0 Å². The maximum Gasteiger partial charge on any atom is 0.306 e. The lowest BCUT2D eigenvalue weighted by Crippen LogP contribution is -2.30. The minimum atomic E-state index is -0.775. The SMILES string of the molecule is CCCCC/C=C\C/C=C\CCCCCCCCCCCC(=O)OC(COC(=O)CCCCCCCCCCC/C=C\CCCCCCCC)COC(=O)CCCCCCCCCCCCCCCCCCCCCCCCCCCC.